The largest absolute Gasteiger partial charge is 0.368 e. The summed E-state index contributed by atoms with van der Waals surface area (Å²) >= 11 is 3.03. The van der Waals surface area contributed by atoms with Crippen molar-refractivity contribution in [2.24, 2.45) is 5.73 Å². The van der Waals surface area contributed by atoms with E-state index in [4.69, 9.17) is 5.73 Å². The molecule has 0 fully saturated rings. The number of imidazole rings is 1. The van der Waals surface area contributed by atoms with E-state index < -0.39 is 5.91 Å². The molecule has 25 heavy (non-hydrogen) atoms. The zero-order valence-corrected chi connectivity index (χ0v) is 14.7. The van der Waals surface area contributed by atoms with E-state index in [0.29, 0.717) is 16.7 Å². The summed E-state index contributed by atoms with van der Waals surface area (Å²) in [7, 11) is 0. The van der Waals surface area contributed by atoms with E-state index in [0.717, 1.165) is 16.2 Å². The fourth-order valence-electron chi connectivity index (χ4n) is 2.48. The van der Waals surface area contributed by atoms with Gasteiger partial charge in [-0.1, -0.05) is 23.9 Å². The van der Waals surface area contributed by atoms with Crippen LogP contribution in [0.3, 0.4) is 0 Å². The van der Waals surface area contributed by atoms with Crippen LogP contribution in [-0.2, 0) is 17.1 Å². The fraction of sp³-hybridized carbons (Fsp3) is 0.125. The minimum absolute atomic E-state index is 0.0493. The van der Waals surface area contributed by atoms with Crippen molar-refractivity contribution in [3.05, 3.63) is 53.8 Å². The van der Waals surface area contributed by atoms with Gasteiger partial charge in [-0.25, -0.2) is 4.98 Å². The molecule has 0 aliphatic carbocycles. The quantitative estimate of drug-likeness (QED) is 0.526. The second-order valence-electron chi connectivity index (χ2n) is 5.32. The first-order valence-electron chi connectivity index (χ1n) is 7.51. The number of pyridine rings is 1. The highest BCUT2D eigenvalue weighted by Crippen LogP contribution is 2.28. The molecule has 0 aromatic carbocycles. The molecule has 9 heteroatoms. The molecule has 0 aliphatic rings. The molecule has 0 saturated heterocycles. The van der Waals surface area contributed by atoms with Crippen LogP contribution in [0.4, 0.5) is 0 Å². The molecule has 4 rings (SSSR count). The Morgan fingerprint density at radius 2 is 2.16 bits per heavy atom. The van der Waals surface area contributed by atoms with Gasteiger partial charge in [0.1, 0.15) is 12.2 Å². The molecule has 0 radical (unpaired) electrons. The first-order valence-corrected chi connectivity index (χ1v) is 9.38. The summed E-state index contributed by atoms with van der Waals surface area (Å²) in [5, 5.41) is 11.1. The van der Waals surface area contributed by atoms with Gasteiger partial charge in [-0.2, -0.15) is 0 Å². The number of rotatable bonds is 6. The second kappa shape index (κ2) is 6.69. The summed E-state index contributed by atoms with van der Waals surface area (Å²) < 4.78 is 3.73. The molecule has 126 valence electrons. The van der Waals surface area contributed by atoms with Crippen molar-refractivity contribution < 1.29 is 4.79 Å². The Labute approximate surface area is 151 Å². The lowest BCUT2D eigenvalue weighted by atomic mass is 10.4. The van der Waals surface area contributed by atoms with Crippen molar-refractivity contribution in [1.82, 2.24) is 24.1 Å². The second-order valence-corrected chi connectivity index (χ2v) is 7.21. The van der Waals surface area contributed by atoms with Crippen LogP contribution in [0.25, 0.3) is 16.3 Å². The highest BCUT2D eigenvalue weighted by molar-refractivity contribution is 7.98. The van der Waals surface area contributed by atoms with E-state index in [1.807, 2.05) is 52.5 Å². The average molecular weight is 370 g/mol. The van der Waals surface area contributed by atoms with Crippen molar-refractivity contribution in [2.75, 3.05) is 0 Å². The molecule has 4 aromatic rings. The molecule has 4 aromatic heterocycles. The molecule has 7 nitrogen and oxygen atoms in total. The normalized spacial score (nSPS) is 11.2. The summed E-state index contributed by atoms with van der Waals surface area (Å²) in [6.07, 6.45) is 3.94. The predicted octanol–water partition coefficient (Wildman–Crippen LogP) is 2.43. The first kappa shape index (κ1) is 15.9. The molecule has 0 atom stereocenters. The van der Waals surface area contributed by atoms with Gasteiger partial charge in [-0.15, -0.1) is 21.5 Å². The minimum atomic E-state index is -0.424. The topological polar surface area (TPSA) is 91.1 Å². The summed E-state index contributed by atoms with van der Waals surface area (Å²) in [5.74, 6) is 0.863. The van der Waals surface area contributed by atoms with Crippen LogP contribution in [0.5, 0.6) is 0 Å². The molecular formula is C16H14N6OS2. The summed E-state index contributed by atoms with van der Waals surface area (Å²) in [4.78, 5) is 17.0. The molecule has 4 heterocycles. The zero-order chi connectivity index (χ0) is 17.2. The van der Waals surface area contributed by atoms with Crippen LogP contribution < -0.4 is 5.73 Å². The van der Waals surface area contributed by atoms with Gasteiger partial charge >= 0.3 is 0 Å². The van der Waals surface area contributed by atoms with Crippen LogP contribution in [0.15, 0.2) is 53.3 Å². The molecule has 2 N–H and O–H groups in total. The number of primary amides is 1. The maximum atomic E-state index is 11.5. The highest BCUT2D eigenvalue weighted by Gasteiger charge is 2.17. The molecule has 0 saturated carbocycles. The van der Waals surface area contributed by atoms with Gasteiger partial charge in [-0.3, -0.25) is 9.36 Å². The molecule has 1 amide bonds. The van der Waals surface area contributed by atoms with Crippen molar-refractivity contribution in [2.45, 2.75) is 17.5 Å². The maximum absolute atomic E-state index is 11.5. The van der Waals surface area contributed by atoms with Crippen molar-refractivity contribution >= 4 is 34.7 Å². The summed E-state index contributed by atoms with van der Waals surface area (Å²) in [6.45, 7) is 0.0493. The van der Waals surface area contributed by atoms with Gasteiger partial charge < -0.3 is 10.1 Å². The first-order chi connectivity index (χ1) is 12.2. The van der Waals surface area contributed by atoms with Gasteiger partial charge in [0, 0.05) is 18.1 Å². The third-order valence-electron chi connectivity index (χ3n) is 3.54. The Morgan fingerprint density at radius 1 is 1.24 bits per heavy atom. The minimum Gasteiger partial charge on any atom is -0.368 e. The van der Waals surface area contributed by atoms with Gasteiger partial charge in [-0.05, 0) is 23.6 Å². The Kier molecular flexibility index (Phi) is 4.24. The number of thiophene rings is 1. The molecular weight excluding hydrogens is 356 g/mol. The average Bonchev–Trinajstić information content (AvgIpc) is 3.31. The number of amides is 1. The SMILES string of the molecule is NC(=O)Cn1c(SCc2cn3ccccc3n2)nnc1-c1cccs1. The van der Waals surface area contributed by atoms with E-state index in [2.05, 4.69) is 15.2 Å². The Bertz CT molecular complexity index is 988. The van der Waals surface area contributed by atoms with Crippen LogP contribution in [0.1, 0.15) is 5.69 Å². The number of carbonyl (C=O) groups excluding carboxylic acids is 1. The van der Waals surface area contributed by atoms with E-state index in [1.165, 1.54) is 11.8 Å². The number of nitrogens with two attached hydrogens (primary N) is 1. The van der Waals surface area contributed by atoms with Crippen LogP contribution in [0, 0.1) is 0 Å². The lowest BCUT2D eigenvalue weighted by Crippen LogP contribution is -2.19. The van der Waals surface area contributed by atoms with Gasteiger partial charge in [0.15, 0.2) is 11.0 Å². The van der Waals surface area contributed by atoms with E-state index in [1.54, 1.807) is 15.9 Å². The number of hydrogen-bond acceptors (Lipinski definition) is 6. The predicted molar refractivity (Wildman–Crippen MR) is 97.3 cm³/mol. The summed E-state index contributed by atoms with van der Waals surface area (Å²) in [5.41, 5.74) is 7.23. The number of carbonyl (C=O) groups is 1. The van der Waals surface area contributed by atoms with Crippen LogP contribution in [0.2, 0.25) is 0 Å². The number of fused-ring (bicyclic) bond motifs is 1. The lowest BCUT2D eigenvalue weighted by Gasteiger charge is -2.06. The molecule has 0 spiro atoms. The number of hydrogen-bond donors (Lipinski definition) is 1. The molecule has 0 bridgehead atoms. The third-order valence-corrected chi connectivity index (χ3v) is 5.40. The monoisotopic (exact) mass is 370 g/mol. The van der Waals surface area contributed by atoms with E-state index in [9.17, 15) is 4.79 Å². The van der Waals surface area contributed by atoms with Gasteiger partial charge in [0.05, 0.1) is 10.6 Å². The van der Waals surface area contributed by atoms with Gasteiger partial charge in [0.25, 0.3) is 0 Å². The zero-order valence-electron chi connectivity index (χ0n) is 13.1. The number of aromatic nitrogens is 5. The molecule has 0 unspecified atom stereocenters. The smallest absolute Gasteiger partial charge is 0.237 e. The summed E-state index contributed by atoms with van der Waals surface area (Å²) in [6, 6.07) is 9.76. The van der Waals surface area contributed by atoms with Crippen molar-refractivity contribution in [1.29, 1.82) is 0 Å². The van der Waals surface area contributed by atoms with Crippen LogP contribution >= 0.6 is 23.1 Å². The Balaban J connectivity index is 1.60. The van der Waals surface area contributed by atoms with Crippen molar-refractivity contribution in [3.8, 4) is 10.7 Å². The Hall–Kier alpha value is -2.65. The Morgan fingerprint density at radius 3 is 2.92 bits per heavy atom. The number of nitrogens with zero attached hydrogens (tertiary/aromatic N) is 5. The van der Waals surface area contributed by atoms with E-state index >= 15 is 0 Å². The number of thioether (sulfide) groups is 1. The standard InChI is InChI=1S/C16H14N6OS2/c17-13(23)9-22-15(12-4-3-7-24-12)19-20-16(22)25-10-11-8-21-6-2-1-5-14(21)18-11/h1-8H,9-10H2,(H2,17,23). The lowest BCUT2D eigenvalue weighted by molar-refractivity contribution is -0.118. The van der Waals surface area contributed by atoms with Crippen molar-refractivity contribution in [3.63, 3.8) is 0 Å². The third kappa shape index (κ3) is 3.28. The molecule has 0 aliphatic heterocycles. The van der Waals surface area contributed by atoms with Gasteiger partial charge in [0.2, 0.25) is 5.91 Å². The fourth-order valence-corrected chi connectivity index (χ4v) is 4.02. The van der Waals surface area contributed by atoms with Crippen LogP contribution in [-0.4, -0.2) is 30.1 Å². The van der Waals surface area contributed by atoms with E-state index in [-0.39, 0.29) is 6.54 Å². The highest BCUT2D eigenvalue weighted by atomic mass is 32.2. The maximum Gasteiger partial charge on any atom is 0.237 e.